The zero-order valence-corrected chi connectivity index (χ0v) is 17.6. The van der Waals surface area contributed by atoms with Crippen LogP contribution in [0.25, 0.3) is 0 Å². The summed E-state index contributed by atoms with van der Waals surface area (Å²) in [6, 6.07) is 10.2. The Morgan fingerprint density at radius 2 is 1.84 bits per heavy atom. The highest BCUT2D eigenvalue weighted by Gasteiger charge is 2.39. The van der Waals surface area contributed by atoms with E-state index in [0.29, 0.717) is 26.1 Å². The maximum Gasteiger partial charge on any atom is 0.192 e. The summed E-state index contributed by atoms with van der Waals surface area (Å²) in [6.45, 7) is 16.2. The van der Waals surface area contributed by atoms with Gasteiger partial charge in [0.15, 0.2) is 8.32 Å². The van der Waals surface area contributed by atoms with Crippen molar-refractivity contribution >= 4 is 8.32 Å². The fraction of sp³-hybridized carbons (Fsp3) is 0.619. The lowest BCUT2D eigenvalue weighted by molar-refractivity contribution is 0.0475. The van der Waals surface area contributed by atoms with Crippen molar-refractivity contribution in [2.75, 3.05) is 6.61 Å². The predicted octanol–water partition coefficient (Wildman–Crippen LogP) is 5.31. The van der Waals surface area contributed by atoms with Crippen LogP contribution in [0, 0.1) is 0 Å². The topological polar surface area (TPSA) is 38.7 Å². The van der Waals surface area contributed by atoms with Crippen molar-refractivity contribution in [3.8, 4) is 0 Å². The molecule has 1 rings (SSSR count). The predicted molar refractivity (Wildman–Crippen MR) is 108 cm³/mol. The average molecular weight is 365 g/mol. The fourth-order valence-electron chi connectivity index (χ4n) is 2.39. The maximum atomic E-state index is 10.2. The van der Waals surface area contributed by atoms with E-state index in [9.17, 15) is 5.11 Å². The van der Waals surface area contributed by atoms with Crippen LogP contribution in [0.5, 0.6) is 0 Å². The van der Waals surface area contributed by atoms with Crippen LogP contribution in [0.4, 0.5) is 0 Å². The third-order valence-electron chi connectivity index (χ3n) is 4.94. The molecule has 1 N–H and O–H groups in total. The van der Waals surface area contributed by atoms with Crippen LogP contribution in [0.15, 0.2) is 43.0 Å². The summed E-state index contributed by atoms with van der Waals surface area (Å²) in [5, 5.41) is 10.3. The lowest BCUT2D eigenvalue weighted by atomic mass is 10.1. The minimum absolute atomic E-state index is 0.0200. The Bertz CT molecular complexity index is 494. The maximum absolute atomic E-state index is 10.2. The smallest absolute Gasteiger partial charge is 0.192 e. The molecule has 0 spiro atoms. The molecule has 1 aromatic rings. The summed E-state index contributed by atoms with van der Waals surface area (Å²) >= 11 is 0. The molecule has 0 bridgehead atoms. The van der Waals surface area contributed by atoms with E-state index in [2.05, 4.69) is 52.6 Å². The number of hydrogen-bond donors (Lipinski definition) is 1. The van der Waals surface area contributed by atoms with Crippen molar-refractivity contribution in [2.45, 2.75) is 77.0 Å². The molecule has 0 saturated heterocycles. The number of benzene rings is 1. The Kier molecular flexibility index (Phi) is 9.07. The summed E-state index contributed by atoms with van der Waals surface area (Å²) in [6.07, 6.45) is 3.41. The molecule has 0 saturated carbocycles. The van der Waals surface area contributed by atoms with Gasteiger partial charge in [-0.2, -0.15) is 0 Å². The molecule has 1 aromatic carbocycles. The van der Waals surface area contributed by atoms with Gasteiger partial charge in [0.25, 0.3) is 0 Å². The van der Waals surface area contributed by atoms with E-state index in [4.69, 9.17) is 9.16 Å². The van der Waals surface area contributed by atoms with Crippen molar-refractivity contribution in [3.63, 3.8) is 0 Å². The third kappa shape index (κ3) is 8.32. The van der Waals surface area contributed by atoms with Crippen LogP contribution in [-0.2, 0) is 15.8 Å². The second-order valence-corrected chi connectivity index (χ2v) is 13.0. The monoisotopic (exact) mass is 364 g/mol. The molecule has 0 aliphatic carbocycles. The van der Waals surface area contributed by atoms with Gasteiger partial charge in [-0.15, -0.1) is 6.58 Å². The first-order valence-corrected chi connectivity index (χ1v) is 12.1. The highest BCUT2D eigenvalue weighted by Crippen LogP contribution is 2.38. The molecule has 0 amide bonds. The molecule has 3 nitrogen and oxygen atoms in total. The van der Waals surface area contributed by atoms with Gasteiger partial charge < -0.3 is 14.3 Å². The van der Waals surface area contributed by atoms with Crippen molar-refractivity contribution in [2.24, 2.45) is 0 Å². The van der Waals surface area contributed by atoms with E-state index in [-0.39, 0.29) is 11.1 Å². The quantitative estimate of drug-likeness (QED) is 0.328. The second-order valence-electron chi connectivity index (χ2n) is 8.24. The molecule has 0 unspecified atom stereocenters. The molecule has 142 valence electrons. The van der Waals surface area contributed by atoms with Crippen molar-refractivity contribution in [3.05, 3.63) is 48.6 Å². The molecular weight excluding hydrogens is 328 g/mol. The molecule has 0 aliphatic rings. The van der Waals surface area contributed by atoms with E-state index >= 15 is 0 Å². The van der Waals surface area contributed by atoms with E-state index in [1.807, 2.05) is 18.2 Å². The molecular formula is C21H36O3Si. The van der Waals surface area contributed by atoms with Crippen LogP contribution in [0.3, 0.4) is 0 Å². The SMILES string of the molecule is C=CC[C@@H](O)C[C@@H](CCOCc1ccccc1)O[Si](C)(C)C(C)(C)C. The average Bonchev–Trinajstić information content (AvgIpc) is 2.51. The van der Waals surface area contributed by atoms with Crippen molar-refractivity contribution in [1.82, 2.24) is 0 Å². The number of aliphatic hydroxyl groups excluding tert-OH is 1. The zero-order chi connectivity index (χ0) is 18.9. The lowest BCUT2D eigenvalue weighted by Crippen LogP contribution is -2.44. The molecule has 0 heterocycles. The molecule has 0 radical (unpaired) electrons. The van der Waals surface area contributed by atoms with Crippen LogP contribution in [0.2, 0.25) is 18.1 Å². The largest absolute Gasteiger partial charge is 0.414 e. The summed E-state index contributed by atoms with van der Waals surface area (Å²) in [5.41, 5.74) is 1.18. The van der Waals surface area contributed by atoms with Gasteiger partial charge in [0.2, 0.25) is 0 Å². The van der Waals surface area contributed by atoms with Gasteiger partial charge in [0, 0.05) is 12.7 Å². The van der Waals surface area contributed by atoms with E-state index in [0.717, 1.165) is 6.42 Å². The third-order valence-corrected chi connectivity index (χ3v) is 9.47. The Hall–Kier alpha value is -0.943. The molecule has 25 heavy (non-hydrogen) atoms. The molecule has 0 aromatic heterocycles. The minimum Gasteiger partial charge on any atom is -0.414 e. The number of aliphatic hydroxyl groups is 1. The number of rotatable bonds is 11. The van der Waals surface area contributed by atoms with Gasteiger partial charge in [0.1, 0.15) is 0 Å². The highest BCUT2D eigenvalue weighted by atomic mass is 28.4. The standard InChI is InChI=1S/C21H36O3Si/c1-7-11-19(22)16-20(24-25(5,6)21(2,3)4)14-15-23-17-18-12-9-8-10-13-18/h7-10,12-13,19-20,22H,1,11,14-17H2,2-6H3/t19-,20-/m1/s1. The Labute approximate surface area is 155 Å². The van der Waals surface area contributed by atoms with Crippen LogP contribution < -0.4 is 0 Å². The first-order valence-electron chi connectivity index (χ1n) is 9.24. The summed E-state index contributed by atoms with van der Waals surface area (Å²) in [4.78, 5) is 0. The second kappa shape index (κ2) is 10.3. The Balaban J connectivity index is 2.56. The van der Waals surface area contributed by atoms with Crippen LogP contribution in [-0.4, -0.2) is 32.2 Å². The number of hydrogen-bond acceptors (Lipinski definition) is 3. The minimum atomic E-state index is -1.87. The lowest BCUT2D eigenvalue weighted by Gasteiger charge is -2.39. The molecule has 0 aliphatic heterocycles. The van der Waals surface area contributed by atoms with Gasteiger partial charge in [0.05, 0.1) is 12.7 Å². The molecule has 2 atom stereocenters. The summed E-state index contributed by atoms with van der Waals surface area (Å²) in [7, 11) is -1.87. The van der Waals surface area contributed by atoms with E-state index in [1.165, 1.54) is 5.56 Å². The number of ether oxygens (including phenoxy) is 1. The summed E-state index contributed by atoms with van der Waals surface area (Å²) in [5.74, 6) is 0. The van der Waals surface area contributed by atoms with Crippen molar-refractivity contribution in [1.29, 1.82) is 0 Å². The zero-order valence-electron chi connectivity index (χ0n) is 16.6. The van der Waals surface area contributed by atoms with Crippen molar-refractivity contribution < 1.29 is 14.3 Å². The first kappa shape index (κ1) is 22.1. The molecule has 0 fully saturated rings. The Morgan fingerprint density at radius 3 is 2.40 bits per heavy atom. The van der Waals surface area contributed by atoms with Gasteiger partial charge in [-0.05, 0) is 43.0 Å². The Morgan fingerprint density at radius 1 is 1.20 bits per heavy atom. The van der Waals surface area contributed by atoms with Crippen LogP contribution >= 0.6 is 0 Å². The summed E-state index contributed by atoms with van der Waals surface area (Å²) < 4.78 is 12.4. The van der Waals surface area contributed by atoms with E-state index in [1.54, 1.807) is 6.08 Å². The highest BCUT2D eigenvalue weighted by molar-refractivity contribution is 6.74. The van der Waals surface area contributed by atoms with Gasteiger partial charge >= 0.3 is 0 Å². The first-order chi connectivity index (χ1) is 11.7. The van der Waals surface area contributed by atoms with Gasteiger partial charge in [-0.25, -0.2) is 0 Å². The molecule has 4 heteroatoms. The van der Waals surface area contributed by atoms with E-state index < -0.39 is 14.4 Å². The fourth-order valence-corrected chi connectivity index (χ4v) is 3.79. The van der Waals surface area contributed by atoms with Gasteiger partial charge in [-0.3, -0.25) is 0 Å². The van der Waals surface area contributed by atoms with Crippen LogP contribution in [0.1, 0.15) is 45.6 Å². The normalized spacial score (nSPS) is 15.0. The van der Waals surface area contributed by atoms with Gasteiger partial charge in [-0.1, -0.05) is 57.2 Å².